The number of aliphatic hydroxyl groups excluding tert-OH is 1. The average molecular weight is 300 g/mol. The molecule has 0 bridgehead atoms. The van der Waals surface area contributed by atoms with E-state index in [4.69, 9.17) is 0 Å². The Bertz CT molecular complexity index is 690. The van der Waals surface area contributed by atoms with Crippen molar-refractivity contribution in [3.05, 3.63) is 65.2 Å². The van der Waals surface area contributed by atoms with Crippen LogP contribution in [0.25, 0.3) is 0 Å². The van der Waals surface area contributed by atoms with Gasteiger partial charge in [0.25, 0.3) is 0 Å². The van der Waals surface area contributed by atoms with Crippen molar-refractivity contribution in [2.24, 2.45) is 0 Å². The molecule has 1 aromatic heterocycles. The van der Waals surface area contributed by atoms with E-state index in [1.807, 2.05) is 24.3 Å². The fraction of sp³-hybridized carbons (Fsp3) is 0.294. The Morgan fingerprint density at radius 3 is 3.00 bits per heavy atom. The number of hydrogen-bond donors (Lipinski definition) is 2. The summed E-state index contributed by atoms with van der Waals surface area (Å²) in [5.74, 6) is -0.567. The van der Waals surface area contributed by atoms with Gasteiger partial charge in [-0.05, 0) is 29.2 Å². The zero-order valence-electron chi connectivity index (χ0n) is 12.0. The number of aryl methyl sites for hydroxylation is 1. The third kappa shape index (κ3) is 3.14. The monoisotopic (exact) mass is 300 g/mol. The van der Waals surface area contributed by atoms with E-state index in [9.17, 15) is 14.3 Å². The molecule has 2 atom stereocenters. The summed E-state index contributed by atoms with van der Waals surface area (Å²) in [5.41, 5.74) is 2.72. The van der Waals surface area contributed by atoms with Gasteiger partial charge in [0.2, 0.25) is 5.91 Å². The normalized spacial score (nSPS) is 19.7. The predicted molar refractivity (Wildman–Crippen MR) is 79.6 cm³/mol. The molecule has 0 radical (unpaired) electrons. The first kappa shape index (κ1) is 14.7. The highest BCUT2D eigenvalue weighted by molar-refractivity contribution is 5.77. The average Bonchev–Trinajstić information content (AvgIpc) is 2.81. The van der Waals surface area contributed by atoms with Crippen LogP contribution in [0.2, 0.25) is 0 Å². The van der Waals surface area contributed by atoms with E-state index in [1.54, 1.807) is 6.20 Å². The predicted octanol–water partition coefficient (Wildman–Crippen LogP) is 1.93. The van der Waals surface area contributed by atoms with Crippen molar-refractivity contribution < 1.29 is 14.3 Å². The van der Waals surface area contributed by atoms with Crippen LogP contribution >= 0.6 is 0 Å². The van der Waals surface area contributed by atoms with Gasteiger partial charge in [-0.1, -0.05) is 24.3 Å². The fourth-order valence-electron chi connectivity index (χ4n) is 2.84. The van der Waals surface area contributed by atoms with Crippen LogP contribution in [-0.2, 0) is 17.6 Å². The van der Waals surface area contributed by atoms with Gasteiger partial charge in [-0.25, -0.2) is 4.39 Å². The SMILES string of the molecule is O=C(CCc1cncc(F)c1)NC1c2ccccc2CC1O. The summed E-state index contributed by atoms with van der Waals surface area (Å²) in [5, 5.41) is 13.0. The van der Waals surface area contributed by atoms with E-state index >= 15 is 0 Å². The maximum absolute atomic E-state index is 13.0. The lowest BCUT2D eigenvalue weighted by Crippen LogP contribution is -2.33. The smallest absolute Gasteiger partial charge is 0.220 e. The Morgan fingerprint density at radius 2 is 2.18 bits per heavy atom. The van der Waals surface area contributed by atoms with Crippen LogP contribution in [0.15, 0.2) is 42.7 Å². The first-order chi connectivity index (χ1) is 10.6. The van der Waals surface area contributed by atoms with Crippen molar-refractivity contribution in [2.75, 3.05) is 0 Å². The summed E-state index contributed by atoms with van der Waals surface area (Å²) in [6.45, 7) is 0. The molecule has 22 heavy (non-hydrogen) atoms. The molecular weight excluding hydrogens is 283 g/mol. The number of pyridine rings is 1. The number of nitrogens with one attached hydrogen (secondary N) is 1. The molecule has 2 aromatic rings. The second kappa shape index (κ2) is 6.23. The van der Waals surface area contributed by atoms with E-state index in [-0.39, 0.29) is 18.4 Å². The fourth-order valence-corrected chi connectivity index (χ4v) is 2.84. The van der Waals surface area contributed by atoms with Gasteiger partial charge in [0.05, 0.1) is 18.3 Å². The Morgan fingerprint density at radius 1 is 1.36 bits per heavy atom. The summed E-state index contributed by atoms with van der Waals surface area (Å²) < 4.78 is 13.0. The van der Waals surface area contributed by atoms with Gasteiger partial charge in [-0.15, -0.1) is 0 Å². The van der Waals surface area contributed by atoms with Crippen molar-refractivity contribution >= 4 is 5.91 Å². The van der Waals surface area contributed by atoms with E-state index in [1.165, 1.54) is 6.07 Å². The molecule has 1 amide bonds. The van der Waals surface area contributed by atoms with Gasteiger partial charge >= 0.3 is 0 Å². The van der Waals surface area contributed by atoms with Crippen molar-refractivity contribution in [2.45, 2.75) is 31.4 Å². The molecule has 1 aromatic carbocycles. The van der Waals surface area contributed by atoms with Crippen LogP contribution in [-0.4, -0.2) is 22.1 Å². The van der Waals surface area contributed by atoms with E-state index in [0.29, 0.717) is 18.4 Å². The van der Waals surface area contributed by atoms with Gasteiger partial charge in [0, 0.05) is 19.0 Å². The second-order valence-corrected chi connectivity index (χ2v) is 5.53. The number of nitrogens with zero attached hydrogens (tertiary/aromatic N) is 1. The number of halogens is 1. The Balaban J connectivity index is 1.60. The maximum atomic E-state index is 13.0. The molecule has 1 heterocycles. The van der Waals surface area contributed by atoms with Crippen LogP contribution in [0.1, 0.15) is 29.2 Å². The topological polar surface area (TPSA) is 62.2 Å². The number of carbonyl (C=O) groups is 1. The lowest BCUT2D eigenvalue weighted by molar-refractivity contribution is -0.122. The molecule has 0 fully saturated rings. The molecule has 0 saturated heterocycles. The van der Waals surface area contributed by atoms with E-state index in [0.717, 1.165) is 17.3 Å². The molecule has 5 heteroatoms. The zero-order chi connectivity index (χ0) is 15.5. The second-order valence-electron chi connectivity index (χ2n) is 5.53. The van der Waals surface area contributed by atoms with Crippen LogP contribution in [0.3, 0.4) is 0 Å². The number of benzene rings is 1. The molecular formula is C17H17FN2O2. The first-order valence-electron chi connectivity index (χ1n) is 7.28. The number of aromatic nitrogens is 1. The minimum absolute atomic E-state index is 0.162. The lowest BCUT2D eigenvalue weighted by atomic mass is 10.1. The van der Waals surface area contributed by atoms with Crippen molar-refractivity contribution in [1.82, 2.24) is 10.3 Å². The number of fused-ring (bicyclic) bond motifs is 1. The molecule has 4 nitrogen and oxygen atoms in total. The number of amides is 1. The number of rotatable bonds is 4. The molecule has 3 rings (SSSR count). The van der Waals surface area contributed by atoms with Gasteiger partial charge in [-0.3, -0.25) is 9.78 Å². The van der Waals surface area contributed by atoms with E-state index in [2.05, 4.69) is 10.3 Å². The highest BCUT2D eigenvalue weighted by Crippen LogP contribution is 2.31. The zero-order valence-corrected chi connectivity index (χ0v) is 12.0. The Labute approximate surface area is 128 Å². The molecule has 0 aliphatic heterocycles. The van der Waals surface area contributed by atoms with Crippen LogP contribution in [0.5, 0.6) is 0 Å². The summed E-state index contributed by atoms with van der Waals surface area (Å²) in [7, 11) is 0. The summed E-state index contributed by atoms with van der Waals surface area (Å²) in [6, 6.07) is 8.71. The Kier molecular flexibility index (Phi) is 4.15. The van der Waals surface area contributed by atoms with Crippen molar-refractivity contribution in [1.29, 1.82) is 0 Å². The molecule has 0 spiro atoms. The maximum Gasteiger partial charge on any atom is 0.220 e. The number of carbonyl (C=O) groups excluding carboxylic acids is 1. The van der Waals surface area contributed by atoms with Crippen molar-refractivity contribution in [3.8, 4) is 0 Å². The van der Waals surface area contributed by atoms with Crippen molar-refractivity contribution in [3.63, 3.8) is 0 Å². The largest absolute Gasteiger partial charge is 0.390 e. The van der Waals surface area contributed by atoms with Crippen LogP contribution < -0.4 is 5.32 Å². The highest BCUT2D eigenvalue weighted by Gasteiger charge is 2.31. The lowest BCUT2D eigenvalue weighted by Gasteiger charge is -2.18. The van der Waals surface area contributed by atoms with Crippen LogP contribution in [0, 0.1) is 5.82 Å². The van der Waals surface area contributed by atoms with Gasteiger partial charge in [0.1, 0.15) is 5.82 Å². The minimum Gasteiger partial charge on any atom is -0.390 e. The molecule has 1 aliphatic carbocycles. The third-order valence-corrected chi connectivity index (χ3v) is 3.92. The third-order valence-electron chi connectivity index (χ3n) is 3.92. The number of aliphatic hydroxyl groups is 1. The minimum atomic E-state index is -0.600. The van der Waals surface area contributed by atoms with Gasteiger partial charge in [0.15, 0.2) is 0 Å². The van der Waals surface area contributed by atoms with Crippen LogP contribution in [0.4, 0.5) is 4.39 Å². The van der Waals surface area contributed by atoms with Gasteiger partial charge in [-0.2, -0.15) is 0 Å². The molecule has 114 valence electrons. The van der Waals surface area contributed by atoms with Gasteiger partial charge < -0.3 is 10.4 Å². The number of hydrogen-bond acceptors (Lipinski definition) is 3. The summed E-state index contributed by atoms with van der Waals surface area (Å²) >= 11 is 0. The first-order valence-corrected chi connectivity index (χ1v) is 7.28. The molecule has 2 unspecified atom stereocenters. The quantitative estimate of drug-likeness (QED) is 0.907. The molecule has 2 N–H and O–H groups in total. The highest BCUT2D eigenvalue weighted by atomic mass is 19.1. The summed E-state index contributed by atoms with van der Waals surface area (Å²) in [4.78, 5) is 15.8. The standard InChI is InChI=1S/C17H17FN2O2/c18-13-7-11(9-19-10-13)5-6-16(22)20-17-14-4-2-1-3-12(14)8-15(17)21/h1-4,7,9-10,15,17,21H,5-6,8H2,(H,20,22). The summed E-state index contributed by atoms with van der Waals surface area (Å²) in [6.07, 6.45) is 3.29. The van der Waals surface area contributed by atoms with E-state index < -0.39 is 11.9 Å². The molecule has 0 saturated carbocycles. The Hall–Kier alpha value is -2.27. The molecule has 1 aliphatic rings.